The van der Waals surface area contributed by atoms with Crippen molar-refractivity contribution in [1.29, 1.82) is 0 Å². The van der Waals surface area contributed by atoms with E-state index in [9.17, 15) is 0 Å². The highest BCUT2D eigenvalue weighted by Gasteiger charge is 2.01. The molecule has 0 amide bonds. The van der Waals surface area contributed by atoms with Crippen molar-refractivity contribution in [3.05, 3.63) is 36.2 Å². The fraction of sp³-hybridized carbons (Fsp3) is 0.333. The van der Waals surface area contributed by atoms with Gasteiger partial charge in [-0.25, -0.2) is 4.98 Å². The van der Waals surface area contributed by atoms with E-state index in [2.05, 4.69) is 9.36 Å². The average Bonchev–Trinajstić information content (AvgIpc) is 2.92. The fourth-order valence-electron chi connectivity index (χ4n) is 1.44. The van der Waals surface area contributed by atoms with Gasteiger partial charge in [-0.3, -0.25) is 0 Å². The van der Waals surface area contributed by atoms with Crippen LogP contribution in [0.15, 0.2) is 34.9 Å². The predicted molar refractivity (Wildman–Crippen MR) is 75.1 cm³/mol. The maximum atomic E-state index is 5.72. The first-order chi connectivity index (χ1) is 8.90. The van der Waals surface area contributed by atoms with Gasteiger partial charge in [-0.05, 0) is 24.0 Å². The summed E-state index contributed by atoms with van der Waals surface area (Å²) >= 11 is 3.14. The molecular weight excluding hydrogens is 266 g/mol. The molecule has 6 heteroatoms. The number of thioether (sulfide) groups is 1. The number of nitrogens with two attached hydrogens (primary N) is 1. The van der Waals surface area contributed by atoms with Crippen molar-refractivity contribution in [2.24, 2.45) is 5.73 Å². The third-order valence-corrected chi connectivity index (χ3v) is 4.19. The predicted octanol–water partition coefficient (Wildman–Crippen LogP) is 2.56. The van der Waals surface area contributed by atoms with Crippen LogP contribution in [0.4, 0.5) is 0 Å². The van der Waals surface area contributed by atoms with Crippen LogP contribution in [0.3, 0.4) is 0 Å². The molecule has 2 N–H and O–H groups in total. The summed E-state index contributed by atoms with van der Waals surface area (Å²) in [7, 11) is 0. The first-order valence-corrected chi connectivity index (χ1v) is 7.46. The molecule has 96 valence electrons. The first-order valence-electron chi connectivity index (χ1n) is 5.70. The fourth-order valence-corrected chi connectivity index (χ4v) is 2.87. The van der Waals surface area contributed by atoms with Crippen molar-refractivity contribution < 1.29 is 4.74 Å². The molecule has 0 aliphatic heterocycles. The Bertz CT molecular complexity index is 462. The summed E-state index contributed by atoms with van der Waals surface area (Å²) in [6.45, 7) is 1.21. The first kappa shape index (κ1) is 13.3. The monoisotopic (exact) mass is 281 g/mol. The van der Waals surface area contributed by atoms with E-state index in [4.69, 9.17) is 10.5 Å². The van der Waals surface area contributed by atoms with Gasteiger partial charge in [0.2, 0.25) is 0 Å². The van der Waals surface area contributed by atoms with Crippen LogP contribution in [0, 0.1) is 0 Å². The van der Waals surface area contributed by atoms with E-state index in [1.54, 1.807) is 18.1 Å². The van der Waals surface area contributed by atoms with Gasteiger partial charge in [0.05, 0.1) is 6.61 Å². The molecule has 0 saturated carbocycles. The summed E-state index contributed by atoms with van der Waals surface area (Å²) in [6, 6.07) is 7.89. The lowest BCUT2D eigenvalue weighted by molar-refractivity contribution is 0.315. The van der Waals surface area contributed by atoms with Crippen LogP contribution < -0.4 is 10.5 Å². The number of ether oxygens (including phenoxy) is 1. The molecule has 0 spiro atoms. The highest BCUT2D eigenvalue weighted by atomic mass is 32.2. The van der Waals surface area contributed by atoms with Gasteiger partial charge in [-0.1, -0.05) is 30.0 Å². The normalized spacial score (nSPS) is 10.5. The molecule has 0 radical (unpaired) electrons. The smallest absolute Gasteiger partial charge is 0.169 e. The van der Waals surface area contributed by atoms with Gasteiger partial charge in [0.25, 0.3) is 0 Å². The summed E-state index contributed by atoms with van der Waals surface area (Å²) < 4.78 is 10.7. The minimum Gasteiger partial charge on any atom is -0.493 e. The van der Waals surface area contributed by atoms with Crippen molar-refractivity contribution in [3.8, 4) is 5.75 Å². The molecule has 0 atom stereocenters. The zero-order valence-corrected chi connectivity index (χ0v) is 11.5. The van der Waals surface area contributed by atoms with Gasteiger partial charge in [0.1, 0.15) is 12.1 Å². The Morgan fingerprint density at radius 2 is 2.22 bits per heavy atom. The molecule has 1 aromatic heterocycles. The number of hydrogen-bond donors (Lipinski definition) is 1. The Morgan fingerprint density at radius 1 is 1.33 bits per heavy atom. The second kappa shape index (κ2) is 7.35. The number of rotatable bonds is 7. The largest absolute Gasteiger partial charge is 0.493 e. The van der Waals surface area contributed by atoms with E-state index < -0.39 is 0 Å². The van der Waals surface area contributed by atoms with Crippen LogP contribution in [0.1, 0.15) is 12.0 Å². The molecule has 1 aromatic carbocycles. The maximum Gasteiger partial charge on any atom is 0.169 e. The second-order valence-electron chi connectivity index (χ2n) is 3.57. The lowest BCUT2D eigenvalue weighted by Crippen LogP contribution is -2.04. The van der Waals surface area contributed by atoms with Crippen molar-refractivity contribution in [3.63, 3.8) is 0 Å². The molecule has 0 unspecified atom stereocenters. The Balaban J connectivity index is 1.69. The van der Waals surface area contributed by atoms with Gasteiger partial charge in [-0.2, -0.15) is 4.37 Å². The molecule has 2 aromatic rings. The van der Waals surface area contributed by atoms with E-state index in [0.29, 0.717) is 13.2 Å². The van der Waals surface area contributed by atoms with Gasteiger partial charge >= 0.3 is 0 Å². The zero-order valence-electron chi connectivity index (χ0n) is 9.91. The Labute approximate surface area is 115 Å². The molecule has 0 saturated heterocycles. The summed E-state index contributed by atoms with van der Waals surface area (Å²) in [5, 5.41) is 0. The Kier molecular flexibility index (Phi) is 5.44. The van der Waals surface area contributed by atoms with E-state index in [1.165, 1.54) is 11.5 Å². The minimum atomic E-state index is 0.510. The van der Waals surface area contributed by atoms with E-state index >= 15 is 0 Å². The third kappa shape index (κ3) is 3.97. The van der Waals surface area contributed by atoms with Crippen molar-refractivity contribution >= 4 is 23.3 Å². The molecule has 1 heterocycles. The second-order valence-corrected chi connectivity index (χ2v) is 5.69. The summed E-state index contributed by atoms with van der Waals surface area (Å²) in [6.07, 6.45) is 2.56. The van der Waals surface area contributed by atoms with E-state index in [1.807, 2.05) is 24.3 Å². The summed E-state index contributed by atoms with van der Waals surface area (Å²) in [5.74, 6) is 1.88. The average molecular weight is 281 g/mol. The number of hydrogen-bond acceptors (Lipinski definition) is 6. The van der Waals surface area contributed by atoms with Crippen LogP contribution >= 0.6 is 23.3 Å². The van der Waals surface area contributed by atoms with Crippen LogP contribution in [0.2, 0.25) is 0 Å². The molecule has 2 rings (SSSR count). The molecular formula is C12H15N3OS2. The Morgan fingerprint density at radius 3 is 3.00 bits per heavy atom. The van der Waals surface area contributed by atoms with Crippen LogP contribution in [-0.4, -0.2) is 21.7 Å². The van der Waals surface area contributed by atoms with Crippen molar-refractivity contribution in [2.45, 2.75) is 17.3 Å². The molecule has 0 aliphatic rings. The highest BCUT2D eigenvalue weighted by molar-refractivity contribution is 8.00. The van der Waals surface area contributed by atoms with Gasteiger partial charge in [0.15, 0.2) is 4.34 Å². The SMILES string of the molecule is NCc1ccccc1OCCCSc1ncns1. The van der Waals surface area contributed by atoms with Gasteiger partial charge in [-0.15, -0.1) is 0 Å². The number of para-hydroxylation sites is 1. The van der Waals surface area contributed by atoms with Crippen LogP contribution in [0.5, 0.6) is 5.75 Å². The van der Waals surface area contributed by atoms with E-state index in [0.717, 1.165) is 27.8 Å². The minimum absolute atomic E-state index is 0.510. The molecule has 0 bridgehead atoms. The lowest BCUT2D eigenvalue weighted by atomic mass is 10.2. The zero-order chi connectivity index (χ0) is 12.6. The Hall–Kier alpha value is -1.11. The third-order valence-electron chi connectivity index (χ3n) is 2.31. The van der Waals surface area contributed by atoms with Crippen LogP contribution in [0.25, 0.3) is 0 Å². The summed E-state index contributed by atoms with van der Waals surface area (Å²) in [5.41, 5.74) is 6.70. The van der Waals surface area contributed by atoms with E-state index in [-0.39, 0.29) is 0 Å². The maximum absolute atomic E-state index is 5.72. The van der Waals surface area contributed by atoms with Crippen molar-refractivity contribution in [1.82, 2.24) is 9.36 Å². The van der Waals surface area contributed by atoms with Crippen molar-refractivity contribution in [2.75, 3.05) is 12.4 Å². The number of benzene rings is 1. The van der Waals surface area contributed by atoms with Gasteiger partial charge < -0.3 is 10.5 Å². The molecule has 0 fully saturated rings. The number of nitrogens with zero attached hydrogens (tertiary/aromatic N) is 2. The van der Waals surface area contributed by atoms with Crippen LogP contribution in [-0.2, 0) is 6.54 Å². The topological polar surface area (TPSA) is 61.0 Å². The highest BCUT2D eigenvalue weighted by Crippen LogP contribution is 2.20. The standard InChI is InChI=1S/C12H15N3OS2/c13-8-10-4-1-2-5-11(10)16-6-3-7-17-12-14-9-15-18-12/h1-2,4-5,9H,3,6-8,13H2. The summed E-state index contributed by atoms with van der Waals surface area (Å²) in [4.78, 5) is 4.11. The number of aromatic nitrogens is 2. The van der Waals surface area contributed by atoms with Gasteiger partial charge in [0, 0.05) is 17.9 Å². The molecule has 4 nitrogen and oxygen atoms in total. The molecule has 0 aliphatic carbocycles. The lowest BCUT2D eigenvalue weighted by Gasteiger charge is -2.09. The molecule has 18 heavy (non-hydrogen) atoms. The quantitative estimate of drug-likeness (QED) is 0.624.